The summed E-state index contributed by atoms with van der Waals surface area (Å²) in [7, 11) is 0. The van der Waals surface area contributed by atoms with Gasteiger partial charge in [-0.2, -0.15) is 0 Å². The Morgan fingerprint density at radius 3 is 3.19 bits per heavy atom. The van der Waals surface area contributed by atoms with Crippen molar-refractivity contribution in [2.24, 2.45) is 0 Å². The average molecular weight is 285 g/mol. The van der Waals surface area contributed by atoms with Crippen LogP contribution in [0.4, 0.5) is 0 Å². The van der Waals surface area contributed by atoms with Crippen LogP contribution in [0.3, 0.4) is 0 Å². The molecule has 0 amide bonds. The van der Waals surface area contributed by atoms with Gasteiger partial charge in [-0.05, 0) is 43.5 Å². The SMILES string of the molecule is CC(NCCCCn1ccnc1)c1ccc2c(c1)CCO2. The summed E-state index contributed by atoms with van der Waals surface area (Å²) in [6.45, 7) is 5.15. The molecule has 1 aromatic carbocycles. The van der Waals surface area contributed by atoms with Crippen molar-refractivity contribution in [2.75, 3.05) is 13.2 Å². The van der Waals surface area contributed by atoms with E-state index in [0.717, 1.165) is 31.9 Å². The Labute approximate surface area is 126 Å². The summed E-state index contributed by atoms with van der Waals surface area (Å²) in [6.07, 6.45) is 9.12. The first-order valence-corrected chi connectivity index (χ1v) is 7.77. The third-order valence-electron chi connectivity index (χ3n) is 4.07. The molecule has 1 N–H and O–H groups in total. The van der Waals surface area contributed by atoms with Crippen molar-refractivity contribution in [2.45, 2.75) is 38.8 Å². The molecule has 2 heterocycles. The lowest BCUT2D eigenvalue weighted by molar-refractivity contribution is 0.356. The summed E-state index contributed by atoms with van der Waals surface area (Å²) >= 11 is 0. The number of benzene rings is 1. The minimum Gasteiger partial charge on any atom is -0.493 e. The third kappa shape index (κ3) is 3.64. The highest BCUT2D eigenvalue weighted by Gasteiger charge is 2.14. The lowest BCUT2D eigenvalue weighted by Crippen LogP contribution is -2.20. The number of imidazole rings is 1. The standard InChI is InChI=1S/C17H23N3O/c1-14(15-4-5-17-16(12-15)6-11-21-17)19-7-2-3-9-20-10-8-18-13-20/h4-5,8,10,12-14,19H,2-3,6-7,9,11H2,1H3. The molecule has 0 saturated carbocycles. The molecule has 1 aliphatic heterocycles. The Kier molecular flexibility index (Phi) is 4.55. The number of nitrogens with zero attached hydrogens (tertiary/aromatic N) is 2. The minimum atomic E-state index is 0.393. The summed E-state index contributed by atoms with van der Waals surface area (Å²) in [6, 6.07) is 6.96. The van der Waals surface area contributed by atoms with Gasteiger partial charge < -0.3 is 14.6 Å². The molecule has 4 nitrogen and oxygen atoms in total. The van der Waals surface area contributed by atoms with Gasteiger partial charge in [0.25, 0.3) is 0 Å². The first-order valence-electron chi connectivity index (χ1n) is 7.77. The van der Waals surface area contributed by atoms with Gasteiger partial charge in [-0.3, -0.25) is 0 Å². The summed E-state index contributed by atoms with van der Waals surface area (Å²) in [4.78, 5) is 4.05. The molecule has 0 bridgehead atoms. The molecule has 0 saturated heterocycles. The number of hydrogen-bond acceptors (Lipinski definition) is 3. The van der Waals surface area contributed by atoms with Crippen LogP contribution in [-0.4, -0.2) is 22.7 Å². The molecule has 0 aliphatic carbocycles. The highest BCUT2D eigenvalue weighted by Crippen LogP contribution is 2.28. The zero-order chi connectivity index (χ0) is 14.5. The van der Waals surface area contributed by atoms with Gasteiger partial charge >= 0.3 is 0 Å². The van der Waals surface area contributed by atoms with Crippen LogP contribution in [0.5, 0.6) is 5.75 Å². The fourth-order valence-corrected chi connectivity index (χ4v) is 2.75. The maximum absolute atomic E-state index is 5.55. The molecule has 1 aromatic heterocycles. The van der Waals surface area contributed by atoms with E-state index in [0.29, 0.717) is 6.04 Å². The van der Waals surface area contributed by atoms with E-state index in [1.54, 1.807) is 0 Å². The Morgan fingerprint density at radius 2 is 2.33 bits per heavy atom. The molecule has 1 unspecified atom stereocenters. The van der Waals surface area contributed by atoms with E-state index in [4.69, 9.17) is 4.74 Å². The van der Waals surface area contributed by atoms with E-state index in [-0.39, 0.29) is 0 Å². The number of rotatable bonds is 7. The topological polar surface area (TPSA) is 39.1 Å². The second kappa shape index (κ2) is 6.76. The van der Waals surface area contributed by atoms with Crippen molar-refractivity contribution in [3.05, 3.63) is 48.0 Å². The zero-order valence-corrected chi connectivity index (χ0v) is 12.6. The number of fused-ring (bicyclic) bond motifs is 1. The van der Waals surface area contributed by atoms with Gasteiger partial charge in [-0.15, -0.1) is 0 Å². The average Bonchev–Trinajstić information content (AvgIpc) is 3.17. The molecular formula is C17H23N3O. The van der Waals surface area contributed by atoms with Gasteiger partial charge in [-0.1, -0.05) is 12.1 Å². The van der Waals surface area contributed by atoms with Gasteiger partial charge in [0.05, 0.1) is 12.9 Å². The smallest absolute Gasteiger partial charge is 0.122 e. The van der Waals surface area contributed by atoms with E-state index < -0.39 is 0 Å². The summed E-state index contributed by atoms with van der Waals surface area (Å²) in [5.74, 6) is 1.06. The van der Waals surface area contributed by atoms with Crippen molar-refractivity contribution < 1.29 is 4.74 Å². The Hall–Kier alpha value is -1.81. The third-order valence-corrected chi connectivity index (χ3v) is 4.07. The van der Waals surface area contributed by atoms with E-state index in [2.05, 4.69) is 40.0 Å². The summed E-state index contributed by atoms with van der Waals surface area (Å²) < 4.78 is 7.68. The van der Waals surface area contributed by atoms with Crippen LogP contribution in [-0.2, 0) is 13.0 Å². The zero-order valence-electron chi connectivity index (χ0n) is 12.6. The number of nitrogens with one attached hydrogen (secondary N) is 1. The van der Waals surface area contributed by atoms with Gasteiger partial charge in [0.15, 0.2) is 0 Å². The quantitative estimate of drug-likeness (QED) is 0.795. The monoisotopic (exact) mass is 285 g/mol. The van der Waals surface area contributed by atoms with Crippen LogP contribution in [0, 0.1) is 0 Å². The van der Waals surface area contributed by atoms with Crippen LogP contribution in [0.15, 0.2) is 36.9 Å². The van der Waals surface area contributed by atoms with Crippen LogP contribution >= 0.6 is 0 Å². The Balaban J connectivity index is 1.40. The predicted molar refractivity (Wildman–Crippen MR) is 83.5 cm³/mol. The van der Waals surface area contributed by atoms with Crippen LogP contribution in [0.25, 0.3) is 0 Å². The van der Waals surface area contributed by atoms with E-state index in [9.17, 15) is 0 Å². The fraction of sp³-hybridized carbons (Fsp3) is 0.471. The molecule has 1 atom stereocenters. The van der Waals surface area contributed by atoms with Crippen molar-refractivity contribution in [1.29, 1.82) is 0 Å². The lowest BCUT2D eigenvalue weighted by atomic mass is 10.0. The second-order valence-corrected chi connectivity index (χ2v) is 5.65. The molecule has 4 heteroatoms. The molecule has 1 aliphatic rings. The minimum absolute atomic E-state index is 0.393. The maximum atomic E-state index is 5.55. The highest BCUT2D eigenvalue weighted by molar-refractivity contribution is 5.40. The first kappa shape index (κ1) is 14.1. The van der Waals surface area contributed by atoms with Crippen molar-refractivity contribution in [3.8, 4) is 5.75 Å². The Morgan fingerprint density at radius 1 is 1.38 bits per heavy atom. The molecule has 0 fully saturated rings. The normalized spacial score (nSPS) is 14.7. The maximum Gasteiger partial charge on any atom is 0.122 e. The molecule has 2 aromatic rings. The highest BCUT2D eigenvalue weighted by atomic mass is 16.5. The molecule has 21 heavy (non-hydrogen) atoms. The largest absolute Gasteiger partial charge is 0.493 e. The van der Waals surface area contributed by atoms with Crippen LogP contribution < -0.4 is 10.1 Å². The van der Waals surface area contributed by atoms with Gasteiger partial charge in [0.2, 0.25) is 0 Å². The molecular weight excluding hydrogens is 262 g/mol. The van der Waals surface area contributed by atoms with Gasteiger partial charge in [0.1, 0.15) is 5.75 Å². The molecule has 0 spiro atoms. The number of aryl methyl sites for hydroxylation is 1. The van der Waals surface area contributed by atoms with E-state index in [1.807, 2.05) is 18.7 Å². The summed E-state index contributed by atoms with van der Waals surface area (Å²) in [5.41, 5.74) is 2.70. The Bertz CT molecular complexity index is 565. The molecule has 112 valence electrons. The molecule has 3 rings (SSSR count). The second-order valence-electron chi connectivity index (χ2n) is 5.65. The number of unbranched alkanes of at least 4 members (excludes halogenated alkanes) is 1. The predicted octanol–water partition coefficient (Wildman–Crippen LogP) is 2.95. The molecule has 0 radical (unpaired) electrons. The summed E-state index contributed by atoms with van der Waals surface area (Å²) in [5, 5.41) is 3.60. The van der Waals surface area contributed by atoms with Gasteiger partial charge in [-0.25, -0.2) is 4.98 Å². The lowest BCUT2D eigenvalue weighted by Gasteiger charge is -2.15. The first-order chi connectivity index (χ1) is 10.3. The van der Waals surface area contributed by atoms with Gasteiger partial charge in [0, 0.05) is 31.4 Å². The number of ether oxygens (including phenoxy) is 1. The van der Waals surface area contributed by atoms with Crippen molar-refractivity contribution in [3.63, 3.8) is 0 Å². The van der Waals surface area contributed by atoms with Crippen LogP contribution in [0.2, 0.25) is 0 Å². The van der Waals surface area contributed by atoms with Crippen molar-refractivity contribution in [1.82, 2.24) is 14.9 Å². The number of aromatic nitrogens is 2. The number of hydrogen-bond donors (Lipinski definition) is 1. The van der Waals surface area contributed by atoms with Crippen molar-refractivity contribution >= 4 is 0 Å². The van der Waals surface area contributed by atoms with E-state index >= 15 is 0 Å². The fourth-order valence-electron chi connectivity index (χ4n) is 2.75. The van der Waals surface area contributed by atoms with E-state index in [1.165, 1.54) is 24.0 Å². The van der Waals surface area contributed by atoms with Crippen LogP contribution in [0.1, 0.15) is 36.9 Å².